The minimum Gasteiger partial charge on any atom is -0.466 e. The van der Waals surface area contributed by atoms with Crippen LogP contribution in [0.2, 0.25) is 0 Å². The van der Waals surface area contributed by atoms with Gasteiger partial charge in [-0.05, 0) is 0 Å². The second-order valence-electron chi connectivity index (χ2n) is 1.33. The number of methoxy groups -OCH3 is 1. The van der Waals surface area contributed by atoms with E-state index in [4.69, 9.17) is 0 Å². The topological polar surface area (TPSA) is 43.4 Å². The molecule has 0 bridgehead atoms. The molecule has 0 aromatic rings. The summed E-state index contributed by atoms with van der Waals surface area (Å²) >= 11 is 0. The molecule has 0 rings (SSSR count). The molecule has 0 saturated carbocycles. The maximum Gasteiger partial charge on any atom is 0.330 e. The number of hydrogen-bond donors (Lipinski definition) is 0. The number of carbonyl (C=O) groups is 2. The Morgan fingerprint density at radius 2 is 2.33 bits per heavy atom. The van der Waals surface area contributed by atoms with E-state index in [-0.39, 0.29) is 6.42 Å². The van der Waals surface area contributed by atoms with Gasteiger partial charge in [-0.3, -0.25) is 0 Å². The van der Waals surface area contributed by atoms with E-state index in [9.17, 15) is 9.59 Å². The van der Waals surface area contributed by atoms with E-state index in [0.29, 0.717) is 6.29 Å². The molecule has 0 heterocycles. The number of allylic oxidation sites excluding steroid dienone is 1. The van der Waals surface area contributed by atoms with Gasteiger partial charge >= 0.3 is 5.97 Å². The molecule has 0 N–H and O–H groups in total. The molecular weight excluding hydrogens is 120 g/mol. The first-order chi connectivity index (χ1) is 4.31. The van der Waals surface area contributed by atoms with Gasteiger partial charge in [0.05, 0.1) is 7.11 Å². The summed E-state index contributed by atoms with van der Waals surface area (Å²) in [4.78, 5) is 19.9. The largest absolute Gasteiger partial charge is 0.466 e. The first kappa shape index (κ1) is 7.88. The molecule has 0 unspecified atom stereocenters. The van der Waals surface area contributed by atoms with Crippen LogP contribution in [0.4, 0.5) is 0 Å². The van der Waals surface area contributed by atoms with Crippen molar-refractivity contribution in [3.8, 4) is 0 Å². The lowest BCUT2D eigenvalue weighted by Crippen LogP contribution is -1.93. The quantitative estimate of drug-likeness (QED) is 0.312. The van der Waals surface area contributed by atoms with E-state index < -0.39 is 5.97 Å². The van der Waals surface area contributed by atoms with Gasteiger partial charge in [0.25, 0.3) is 0 Å². The minimum absolute atomic E-state index is 0.259. The van der Waals surface area contributed by atoms with Crippen molar-refractivity contribution in [3.63, 3.8) is 0 Å². The third kappa shape index (κ3) is 4.74. The molecule has 0 spiro atoms. The molecule has 0 amide bonds. The van der Waals surface area contributed by atoms with Crippen LogP contribution < -0.4 is 0 Å². The summed E-state index contributed by atoms with van der Waals surface area (Å²) < 4.78 is 4.26. The molecular formula is C6H8O3. The zero-order valence-electron chi connectivity index (χ0n) is 5.16. The molecule has 0 saturated heterocycles. The van der Waals surface area contributed by atoms with Crippen LogP contribution in [0, 0.1) is 0 Å². The van der Waals surface area contributed by atoms with Crippen LogP contribution in [0.3, 0.4) is 0 Å². The Balaban J connectivity index is 3.43. The maximum atomic E-state index is 10.3. The summed E-state index contributed by atoms with van der Waals surface area (Å²) in [5.74, 6) is -0.433. The fourth-order valence-electron chi connectivity index (χ4n) is 0.288. The molecule has 0 aliphatic rings. The third-order valence-corrected chi connectivity index (χ3v) is 0.687. The molecule has 0 aliphatic carbocycles. The van der Waals surface area contributed by atoms with Crippen molar-refractivity contribution >= 4 is 12.3 Å². The number of esters is 1. The number of ether oxygens (including phenoxy) is 1. The molecule has 3 heteroatoms. The van der Waals surface area contributed by atoms with Crippen LogP contribution >= 0.6 is 0 Å². The second-order valence-corrected chi connectivity index (χ2v) is 1.33. The summed E-state index contributed by atoms with van der Waals surface area (Å²) in [6, 6.07) is 0. The Bertz CT molecular complexity index is 126. The van der Waals surface area contributed by atoms with Crippen LogP contribution in [0.5, 0.6) is 0 Å². The highest BCUT2D eigenvalue weighted by atomic mass is 16.5. The van der Waals surface area contributed by atoms with E-state index in [1.165, 1.54) is 19.3 Å². The lowest BCUT2D eigenvalue weighted by Gasteiger charge is -1.85. The lowest BCUT2D eigenvalue weighted by molar-refractivity contribution is -0.134. The van der Waals surface area contributed by atoms with Crippen LogP contribution in [0.25, 0.3) is 0 Å². The van der Waals surface area contributed by atoms with Crippen LogP contribution in [0.15, 0.2) is 12.2 Å². The molecule has 0 atom stereocenters. The Morgan fingerprint density at radius 3 is 2.78 bits per heavy atom. The van der Waals surface area contributed by atoms with E-state index in [1.807, 2.05) is 0 Å². The summed E-state index contributed by atoms with van der Waals surface area (Å²) in [5, 5.41) is 0. The monoisotopic (exact) mass is 128 g/mol. The average molecular weight is 128 g/mol. The highest BCUT2D eigenvalue weighted by Crippen LogP contribution is 1.79. The van der Waals surface area contributed by atoms with Crippen molar-refractivity contribution in [1.29, 1.82) is 0 Å². The van der Waals surface area contributed by atoms with Gasteiger partial charge in [-0.1, -0.05) is 6.08 Å². The van der Waals surface area contributed by atoms with Crippen molar-refractivity contribution in [1.82, 2.24) is 0 Å². The predicted molar refractivity (Wildman–Crippen MR) is 31.8 cm³/mol. The summed E-state index contributed by atoms with van der Waals surface area (Å²) in [7, 11) is 1.29. The molecule has 3 nitrogen and oxygen atoms in total. The average Bonchev–Trinajstić information content (AvgIpc) is 1.89. The number of aldehydes is 1. The van der Waals surface area contributed by atoms with Gasteiger partial charge in [0.15, 0.2) is 0 Å². The number of hydrogen-bond acceptors (Lipinski definition) is 3. The lowest BCUT2D eigenvalue weighted by atomic mass is 10.4. The first-order valence-electron chi connectivity index (χ1n) is 2.49. The van der Waals surface area contributed by atoms with E-state index in [1.54, 1.807) is 0 Å². The molecule has 50 valence electrons. The molecule has 0 radical (unpaired) electrons. The summed E-state index contributed by atoms with van der Waals surface area (Å²) in [6.07, 6.45) is 3.63. The summed E-state index contributed by atoms with van der Waals surface area (Å²) in [6.45, 7) is 0. The number of rotatable bonds is 3. The third-order valence-electron chi connectivity index (χ3n) is 0.687. The molecule has 9 heavy (non-hydrogen) atoms. The smallest absolute Gasteiger partial charge is 0.330 e. The van der Waals surface area contributed by atoms with E-state index in [2.05, 4.69) is 4.74 Å². The van der Waals surface area contributed by atoms with Gasteiger partial charge < -0.3 is 9.53 Å². The normalized spacial score (nSPS) is 9.44. The van der Waals surface area contributed by atoms with Gasteiger partial charge in [0.1, 0.15) is 6.29 Å². The zero-order valence-corrected chi connectivity index (χ0v) is 5.16. The van der Waals surface area contributed by atoms with Crippen molar-refractivity contribution in [2.75, 3.05) is 7.11 Å². The minimum atomic E-state index is -0.433. The summed E-state index contributed by atoms with van der Waals surface area (Å²) in [5.41, 5.74) is 0. The van der Waals surface area contributed by atoms with Crippen molar-refractivity contribution < 1.29 is 14.3 Å². The standard InChI is InChI=1S/C6H8O3/c1-9-6(8)4-2-3-5-7/h2,4-5H,3H2,1H3. The SMILES string of the molecule is COC(=O)C=CCC=O. The van der Waals surface area contributed by atoms with Gasteiger partial charge in [-0.25, -0.2) is 4.79 Å². The van der Waals surface area contributed by atoms with Crippen LogP contribution in [-0.4, -0.2) is 19.4 Å². The van der Waals surface area contributed by atoms with Crippen molar-refractivity contribution in [2.24, 2.45) is 0 Å². The first-order valence-corrected chi connectivity index (χ1v) is 2.49. The van der Waals surface area contributed by atoms with Crippen molar-refractivity contribution in [3.05, 3.63) is 12.2 Å². The molecule has 0 aromatic heterocycles. The van der Waals surface area contributed by atoms with Gasteiger partial charge in [0, 0.05) is 12.5 Å². The van der Waals surface area contributed by atoms with Gasteiger partial charge in [-0.2, -0.15) is 0 Å². The fraction of sp³-hybridized carbons (Fsp3) is 0.333. The molecule has 0 fully saturated rings. The van der Waals surface area contributed by atoms with Crippen LogP contribution in [0.1, 0.15) is 6.42 Å². The predicted octanol–water partition coefficient (Wildman–Crippen LogP) is 0.305. The molecule has 0 aliphatic heterocycles. The highest BCUT2D eigenvalue weighted by molar-refractivity contribution is 5.82. The van der Waals surface area contributed by atoms with E-state index >= 15 is 0 Å². The fourth-order valence-corrected chi connectivity index (χ4v) is 0.288. The van der Waals surface area contributed by atoms with E-state index in [0.717, 1.165) is 0 Å². The maximum absolute atomic E-state index is 10.3. The Hall–Kier alpha value is -1.12. The second kappa shape index (κ2) is 5.03. The van der Waals surface area contributed by atoms with Gasteiger partial charge in [0.2, 0.25) is 0 Å². The molecule has 0 aromatic carbocycles. The zero-order chi connectivity index (χ0) is 7.11. The Kier molecular flexibility index (Phi) is 4.40. The highest BCUT2D eigenvalue weighted by Gasteiger charge is 1.86. The number of carbonyl (C=O) groups excluding carboxylic acids is 2. The Labute approximate surface area is 53.3 Å². The van der Waals surface area contributed by atoms with Gasteiger partial charge in [-0.15, -0.1) is 0 Å². The Morgan fingerprint density at radius 1 is 1.67 bits per heavy atom. The van der Waals surface area contributed by atoms with Crippen LogP contribution in [-0.2, 0) is 14.3 Å². The van der Waals surface area contributed by atoms with Crippen molar-refractivity contribution in [2.45, 2.75) is 6.42 Å².